The van der Waals surface area contributed by atoms with Gasteiger partial charge in [-0.2, -0.15) is 0 Å². The molecule has 0 bridgehead atoms. The molecule has 3 nitrogen and oxygen atoms in total. The molecule has 1 fully saturated rings. The summed E-state index contributed by atoms with van der Waals surface area (Å²) < 4.78 is 5.53. The highest BCUT2D eigenvalue weighted by Gasteiger charge is 2.36. The van der Waals surface area contributed by atoms with Crippen LogP contribution in [-0.4, -0.2) is 38.2 Å². The fourth-order valence-corrected chi connectivity index (χ4v) is 3.19. The second-order valence-corrected chi connectivity index (χ2v) is 5.53. The van der Waals surface area contributed by atoms with E-state index in [1.807, 2.05) is 12.1 Å². The number of para-hydroxylation sites is 1. The van der Waals surface area contributed by atoms with Crippen molar-refractivity contribution in [1.29, 1.82) is 0 Å². The lowest BCUT2D eigenvalue weighted by atomic mass is 9.72. The van der Waals surface area contributed by atoms with Gasteiger partial charge < -0.3 is 15.4 Å². The van der Waals surface area contributed by atoms with E-state index in [9.17, 15) is 0 Å². The van der Waals surface area contributed by atoms with E-state index in [-0.39, 0.29) is 5.41 Å². The molecule has 1 heterocycles. The van der Waals surface area contributed by atoms with E-state index < -0.39 is 0 Å². The number of methoxy groups -OCH3 is 1. The minimum absolute atomic E-state index is 0.0941. The van der Waals surface area contributed by atoms with Crippen LogP contribution in [0.25, 0.3) is 0 Å². The first kappa shape index (κ1) is 14.4. The quantitative estimate of drug-likeness (QED) is 0.885. The number of ether oxygens (including phenoxy) is 1. The van der Waals surface area contributed by atoms with Crippen molar-refractivity contribution >= 4 is 0 Å². The smallest absolute Gasteiger partial charge is 0.122 e. The summed E-state index contributed by atoms with van der Waals surface area (Å²) >= 11 is 0. The molecule has 1 saturated heterocycles. The Balaban J connectivity index is 2.20. The standard InChI is InChI=1S/C16H26N2O/c1-3-10-18-11-8-16(13-17,9-12-18)14-6-4-5-7-15(14)19-2/h4-7H,3,8-13,17H2,1-2H3. The first-order valence-electron chi connectivity index (χ1n) is 7.31. The van der Waals surface area contributed by atoms with Crippen LogP contribution >= 0.6 is 0 Å². The van der Waals surface area contributed by atoms with E-state index in [0.717, 1.165) is 31.7 Å². The Morgan fingerprint density at radius 2 is 1.95 bits per heavy atom. The van der Waals surface area contributed by atoms with Gasteiger partial charge in [0.05, 0.1) is 7.11 Å². The van der Waals surface area contributed by atoms with Gasteiger partial charge in [-0.1, -0.05) is 25.1 Å². The molecule has 1 aromatic rings. The maximum Gasteiger partial charge on any atom is 0.122 e. The molecule has 19 heavy (non-hydrogen) atoms. The fourth-order valence-electron chi connectivity index (χ4n) is 3.19. The average molecular weight is 262 g/mol. The molecule has 1 aliphatic heterocycles. The van der Waals surface area contributed by atoms with Crippen molar-refractivity contribution in [2.24, 2.45) is 5.73 Å². The Bertz CT molecular complexity index is 397. The Labute approximate surface area is 116 Å². The van der Waals surface area contributed by atoms with Crippen LogP contribution in [0.15, 0.2) is 24.3 Å². The minimum Gasteiger partial charge on any atom is -0.496 e. The average Bonchev–Trinajstić information content (AvgIpc) is 2.48. The highest BCUT2D eigenvalue weighted by atomic mass is 16.5. The second-order valence-electron chi connectivity index (χ2n) is 5.53. The van der Waals surface area contributed by atoms with Gasteiger partial charge in [0, 0.05) is 17.5 Å². The number of benzene rings is 1. The van der Waals surface area contributed by atoms with Gasteiger partial charge in [0.2, 0.25) is 0 Å². The highest BCUT2D eigenvalue weighted by Crippen LogP contribution is 2.39. The van der Waals surface area contributed by atoms with Crippen LogP contribution in [0, 0.1) is 0 Å². The van der Waals surface area contributed by atoms with E-state index >= 15 is 0 Å². The molecule has 0 radical (unpaired) electrons. The fraction of sp³-hybridized carbons (Fsp3) is 0.625. The van der Waals surface area contributed by atoms with Crippen LogP contribution in [0.2, 0.25) is 0 Å². The van der Waals surface area contributed by atoms with Crippen LogP contribution in [0.1, 0.15) is 31.7 Å². The van der Waals surface area contributed by atoms with Gasteiger partial charge in [-0.15, -0.1) is 0 Å². The predicted molar refractivity (Wildman–Crippen MR) is 79.7 cm³/mol. The molecule has 0 aromatic heterocycles. The molecule has 3 heteroatoms. The lowest BCUT2D eigenvalue weighted by Crippen LogP contribution is -2.47. The monoisotopic (exact) mass is 262 g/mol. The minimum atomic E-state index is 0.0941. The molecular formula is C16H26N2O. The molecule has 0 unspecified atom stereocenters. The molecular weight excluding hydrogens is 236 g/mol. The summed E-state index contributed by atoms with van der Waals surface area (Å²) in [5.74, 6) is 0.983. The lowest BCUT2D eigenvalue weighted by molar-refractivity contribution is 0.160. The third kappa shape index (κ3) is 2.93. The lowest BCUT2D eigenvalue weighted by Gasteiger charge is -2.42. The first-order valence-corrected chi connectivity index (χ1v) is 7.31. The summed E-state index contributed by atoms with van der Waals surface area (Å²) in [4.78, 5) is 2.54. The second kappa shape index (κ2) is 6.40. The number of rotatable bonds is 5. The molecule has 0 saturated carbocycles. The first-order chi connectivity index (χ1) is 9.25. The van der Waals surface area contributed by atoms with Crippen LogP contribution in [-0.2, 0) is 5.41 Å². The van der Waals surface area contributed by atoms with Gasteiger partial charge in [-0.3, -0.25) is 0 Å². The number of hydrogen-bond donors (Lipinski definition) is 1. The summed E-state index contributed by atoms with van der Waals surface area (Å²) in [7, 11) is 1.75. The normalized spacial score (nSPS) is 19.3. The molecule has 0 amide bonds. The molecule has 106 valence electrons. The van der Waals surface area contributed by atoms with E-state index in [0.29, 0.717) is 6.54 Å². The van der Waals surface area contributed by atoms with Crippen molar-refractivity contribution < 1.29 is 4.74 Å². The predicted octanol–water partition coefficient (Wildman–Crippen LogP) is 2.40. The third-order valence-electron chi connectivity index (χ3n) is 4.42. The SMILES string of the molecule is CCCN1CCC(CN)(c2ccccc2OC)CC1. The van der Waals surface area contributed by atoms with E-state index in [1.165, 1.54) is 18.5 Å². The topological polar surface area (TPSA) is 38.5 Å². The van der Waals surface area contributed by atoms with Crippen molar-refractivity contribution in [3.63, 3.8) is 0 Å². The third-order valence-corrected chi connectivity index (χ3v) is 4.42. The molecule has 1 aliphatic rings. The number of likely N-dealkylation sites (tertiary alicyclic amines) is 1. The van der Waals surface area contributed by atoms with Gasteiger partial charge >= 0.3 is 0 Å². The molecule has 0 aliphatic carbocycles. The van der Waals surface area contributed by atoms with Gasteiger partial charge in [-0.25, -0.2) is 0 Å². The van der Waals surface area contributed by atoms with Gasteiger partial charge in [0.25, 0.3) is 0 Å². The summed E-state index contributed by atoms with van der Waals surface area (Å²) in [5, 5.41) is 0. The maximum absolute atomic E-state index is 6.14. The zero-order chi connectivity index (χ0) is 13.7. The van der Waals surface area contributed by atoms with Crippen LogP contribution in [0.4, 0.5) is 0 Å². The Morgan fingerprint density at radius 3 is 2.53 bits per heavy atom. The van der Waals surface area contributed by atoms with Crippen molar-refractivity contribution in [3.8, 4) is 5.75 Å². The summed E-state index contributed by atoms with van der Waals surface area (Å²) in [6.07, 6.45) is 3.48. The van der Waals surface area contributed by atoms with Gasteiger partial charge in [0.1, 0.15) is 5.75 Å². The van der Waals surface area contributed by atoms with Crippen molar-refractivity contribution in [1.82, 2.24) is 4.90 Å². The van der Waals surface area contributed by atoms with Crippen LogP contribution < -0.4 is 10.5 Å². The van der Waals surface area contributed by atoms with E-state index in [4.69, 9.17) is 10.5 Å². The number of piperidine rings is 1. The van der Waals surface area contributed by atoms with Crippen LogP contribution in [0.5, 0.6) is 5.75 Å². The Morgan fingerprint density at radius 1 is 1.26 bits per heavy atom. The number of hydrogen-bond acceptors (Lipinski definition) is 3. The molecule has 2 N–H and O–H groups in total. The summed E-state index contributed by atoms with van der Waals surface area (Å²) in [6, 6.07) is 8.35. The van der Waals surface area contributed by atoms with Crippen molar-refractivity contribution in [2.75, 3.05) is 33.3 Å². The Kier molecular flexibility index (Phi) is 4.83. The van der Waals surface area contributed by atoms with E-state index in [2.05, 4.69) is 24.0 Å². The van der Waals surface area contributed by atoms with Crippen molar-refractivity contribution in [2.45, 2.75) is 31.6 Å². The molecule has 0 spiro atoms. The largest absolute Gasteiger partial charge is 0.496 e. The van der Waals surface area contributed by atoms with Crippen molar-refractivity contribution in [3.05, 3.63) is 29.8 Å². The van der Waals surface area contributed by atoms with Gasteiger partial charge in [-0.05, 0) is 45.0 Å². The van der Waals surface area contributed by atoms with Crippen LogP contribution in [0.3, 0.4) is 0 Å². The zero-order valence-electron chi connectivity index (χ0n) is 12.2. The summed E-state index contributed by atoms with van der Waals surface area (Å²) in [5.41, 5.74) is 7.52. The van der Waals surface area contributed by atoms with Gasteiger partial charge in [0.15, 0.2) is 0 Å². The maximum atomic E-state index is 6.14. The summed E-state index contributed by atoms with van der Waals surface area (Å²) in [6.45, 7) is 6.43. The Hall–Kier alpha value is -1.06. The number of nitrogens with two attached hydrogens (primary N) is 1. The molecule has 2 rings (SSSR count). The zero-order valence-corrected chi connectivity index (χ0v) is 12.2. The van der Waals surface area contributed by atoms with E-state index in [1.54, 1.807) is 7.11 Å². The molecule has 0 atom stereocenters. The molecule has 1 aromatic carbocycles. The highest BCUT2D eigenvalue weighted by molar-refractivity contribution is 5.40. The number of nitrogens with zero attached hydrogens (tertiary/aromatic N) is 1.